The second kappa shape index (κ2) is 6.25. The van der Waals surface area contributed by atoms with Crippen molar-refractivity contribution in [1.29, 1.82) is 0 Å². The van der Waals surface area contributed by atoms with Crippen LogP contribution in [0.1, 0.15) is 19.3 Å². The number of likely N-dealkylation sites (tertiary alicyclic amines) is 1. The third kappa shape index (κ3) is 3.00. The van der Waals surface area contributed by atoms with Crippen molar-refractivity contribution in [3.8, 4) is 5.75 Å². The maximum atomic E-state index is 12.2. The van der Waals surface area contributed by atoms with E-state index in [4.69, 9.17) is 4.74 Å². The van der Waals surface area contributed by atoms with Gasteiger partial charge in [-0.1, -0.05) is 6.07 Å². The number of ether oxygens (including phenoxy) is 1. The molecule has 1 N–H and O–H groups in total. The highest BCUT2D eigenvalue weighted by atomic mass is 16.5. The molecule has 118 valence electrons. The molecule has 2 aliphatic heterocycles. The summed E-state index contributed by atoms with van der Waals surface area (Å²) in [6, 6.07) is 7.23. The number of hydrogen-bond acceptors (Lipinski definition) is 3. The number of methoxy groups -OCH3 is 1. The van der Waals surface area contributed by atoms with Gasteiger partial charge in [0.15, 0.2) is 0 Å². The highest BCUT2D eigenvalue weighted by molar-refractivity contribution is 5.97. The zero-order chi connectivity index (χ0) is 15.5. The van der Waals surface area contributed by atoms with Crippen molar-refractivity contribution in [2.24, 2.45) is 0 Å². The predicted molar refractivity (Wildman–Crippen MR) is 83.1 cm³/mol. The fourth-order valence-corrected chi connectivity index (χ4v) is 3.02. The Bertz CT molecular complexity index is 570. The van der Waals surface area contributed by atoms with Crippen molar-refractivity contribution in [3.05, 3.63) is 24.3 Å². The summed E-state index contributed by atoms with van der Waals surface area (Å²) in [4.78, 5) is 27.8. The molecule has 0 radical (unpaired) electrons. The summed E-state index contributed by atoms with van der Waals surface area (Å²) in [6.45, 7) is 2.13. The van der Waals surface area contributed by atoms with E-state index in [0.29, 0.717) is 13.0 Å². The van der Waals surface area contributed by atoms with Crippen LogP contribution in [-0.2, 0) is 4.79 Å². The Morgan fingerprint density at radius 2 is 2.09 bits per heavy atom. The van der Waals surface area contributed by atoms with Crippen LogP contribution in [0.2, 0.25) is 0 Å². The lowest BCUT2D eigenvalue weighted by Crippen LogP contribution is -2.44. The number of urea groups is 1. The molecule has 2 aliphatic rings. The largest absolute Gasteiger partial charge is 0.497 e. The Morgan fingerprint density at radius 3 is 2.82 bits per heavy atom. The first-order valence-electron chi connectivity index (χ1n) is 7.67. The zero-order valence-electron chi connectivity index (χ0n) is 12.7. The van der Waals surface area contributed by atoms with Gasteiger partial charge in [-0.05, 0) is 25.0 Å². The first-order chi connectivity index (χ1) is 10.7. The monoisotopic (exact) mass is 303 g/mol. The van der Waals surface area contributed by atoms with Gasteiger partial charge in [-0.3, -0.25) is 4.79 Å². The summed E-state index contributed by atoms with van der Waals surface area (Å²) in [6.07, 6.45) is 2.47. The Hall–Kier alpha value is -2.24. The molecule has 3 amide bonds. The number of nitrogens with one attached hydrogen (secondary N) is 1. The first kappa shape index (κ1) is 14.7. The highest BCUT2D eigenvalue weighted by Crippen LogP contribution is 2.25. The Labute approximate surface area is 130 Å². The Morgan fingerprint density at radius 1 is 1.32 bits per heavy atom. The van der Waals surface area contributed by atoms with E-state index in [-0.39, 0.29) is 18.0 Å². The van der Waals surface area contributed by atoms with Crippen molar-refractivity contribution in [2.75, 3.05) is 31.6 Å². The number of rotatable bonds is 3. The summed E-state index contributed by atoms with van der Waals surface area (Å²) in [7, 11) is 1.60. The molecule has 0 aliphatic carbocycles. The minimum atomic E-state index is -0.133. The summed E-state index contributed by atoms with van der Waals surface area (Å²) >= 11 is 0. The van der Waals surface area contributed by atoms with E-state index >= 15 is 0 Å². The predicted octanol–water partition coefficient (Wildman–Crippen LogP) is 1.61. The molecule has 0 spiro atoms. The summed E-state index contributed by atoms with van der Waals surface area (Å²) in [5.41, 5.74) is 0.808. The maximum absolute atomic E-state index is 12.2. The molecule has 6 nitrogen and oxygen atoms in total. The van der Waals surface area contributed by atoms with Crippen LogP contribution in [0.15, 0.2) is 24.3 Å². The van der Waals surface area contributed by atoms with Crippen LogP contribution in [0.5, 0.6) is 5.75 Å². The third-order valence-electron chi connectivity index (χ3n) is 4.21. The summed E-state index contributed by atoms with van der Waals surface area (Å²) in [5, 5.41) is 2.97. The smallest absolute Gasteiger partial charge is 0.317 e. The van der Waals surface area contributed by atoms with Crippen molar-refractivity contribution < 1.29 is 14.3 Å². The topological polar surface area (TPSA) is 61.9 Å². The molecular formula is C16H21N3O3. The van der Waals surface area contributed by atoms with Crippen LogP contribution in [-0.4, -0.2) is 49.6 Å². The van der Waals surface area contributed by atoms with E-state index in [9.17, 15) is 9.59 Å². The van der Waals surface area contributed by atoms with E-state index < -0.39 is 0 Å². The van der Waals surface area contributed by atoms with Crippen LogP contribution in [0.3, 0.4) is 0 Å². The molecular weight excluding hydrogens is 282 g/mol. The number of benzene rings is 1. The molecule has 2 heterocycles. The molecule has 0 bridgehead atoms. The van der Waals surface area contributed by atoms with Crippen LogP contribution >= 0.6 is 0 Å². The minimum Gasteiger partial charge on any atom is -0.497 e. The molecule has 2 saturated heterocycles. The number of carbonyl (C=O) groups excluding carboxylic acids is 2. The fourth-order valence-electron chi connectivity index (χ4n) is 3.02. The molecule has 0 saturated carbocycles. The second-order valence-corrected chi connectivity index (χ2v) is 5.75. The number of carbonyl (C=O) groups is 2. The van der Waals surface area contributed by atoms with Crippen LogP contribution < -0.4 is 15.0 Å². The van der Waals surface area contributed by atoms with E-state index in [1.807, 2.05) is 29.2 Å². The molecule has 0 unspecified atom stereocenters. The van der Waals surface area contributed by atoms with Crippen molar-refractivity contribution in [3.63, 3.8) is 0 Å². The summed E-state index contributed by atoms with van der Waals surface area (Å²) < 4.78 is 5.19. The van der Waals surface area contributed by atoms with E-state index in [2.05, 4.69) is 5.32 Å². The van der Waals surface area contributed by atoms with E-state index in [1.54, 1.807) is 12.0 Å². The SMILES string of the molecule is COc1cccc(N2C[C@H](NC(=O)N3CCCC3)CC2=O)c1. The van der Waals surface area contributed by atoms with Crippen LogP contribution in [0, 0.1) is 0 Å². The Balaban J connectivity index is 1.63. The van der Waals surface area contributed by atoms with Crippen molar-refractivity contribution >= 4 is 17.6 Å². The van der Waals surface area contributed by atoms with Crippen molar-refractivity contribution in [2.45, 2.75) is 25.3 Å². The molecule has 1 atom stereocenters. The number of amides is 3. The summed E-state index contributed by atoms with van der Waals surface area (Å²) in [5.74, 6) is 0.745. The molecule has 1 aromatic carbocycles. The number of nitrogens with zero attached hydrogens (tertiary/aromatic N) is 2. The van der Waals surface area contributed by atoms with Gasteiger partial charge in [0.2, 0.25) is 5.91 Å². The van der Waals surface area contributed by atoms with Crippen LogP contribution in [0.4, 0.5) is 10.5 Å². The fraction of sp³-hybridized carbons (Fsp3) is 0.500. The lowest BCUT2D eigenvalue weighted by Gasteiger charge is -2.21. The average Bonchev–Trinajstić information content (AvgIpc) is 3.17. The zero-order valence-corrected chi connectivity index (χ0v) is 12.7. The van der Waals surface area contributed by atoms with Gasteiger partial charge in [-0.2, -0.15) is 0 Å². The van der Waals surface area contributed by atoms with Gasteiger partial charge >= 0.3 is 6.03 Å². The van der Waals surface area contributed by atoms with E-state index in [0.717, 1.165) is 37.4 Å². The maximum Gasteiger partial charge on any atom is 0.317 e. The van der Waals surface area contributed by atoms with Gasteiger partial charge in [0.05, 0.1) is 13.2 Å². The van der Waals surface area contributed by atoms with E-state index in [1.165, 1.54) is 0 Å². The van der Waals surface area contributed by atoms with Gasteiger partial charge in [0, 0.05) is 37.8 Å². The molecule has 0 aromatic heterocycles. The molecule has 2 fully saturated rings. The quantitative estimate of drug-likeness (QED) is 0.922. The Kier molecular flexibility index (Phi) is 4.18. The molecule has 22 heavy (non-hydrogen) atoms. The van der Waals surface area contributed by atoms with Crippen LogP contribution in [0.25, 0.3) is 0 Å². The molecule has 1 aromatic rings. The lowest BCUT2D eigenvalue weighted by molar-refractivity contribution is -0.117. The minimum absolute atomic E-state index is 0.0278. The van der Waals surface area contributed by atoms with Gasteiger partial charge in [0.25, 0.3) is 0 Å². The highest BCUT2D eigenvalue weighted by Gasteiger charge is 2.33. The van der Waals surface area contributed by atoms with Gasteiger partial charge in [-0.15, -0.1) is 0 Å². The number of hydrogen-bond donors (Lipinski definition) is 1. The second-order valence-electron chi connectivity index (χ2n) is 5.75. The normalized spacial score (nSPS) is 21.3. The lowest BCUT2D eigenvalue weighted by atomic mass is 10.2. The standard InChI is InChI=1S/C16H21N3O3/c1-22-14-6-4-5-13(10-14)19-11-12(9-15(19)20)17-16(21)18-7-2-3-8-18/h4-6,10,12H,2-3,7-9,11H2,1H3,(H,17,21)/t12-/m1/s1. The average molecular weight is 303 g/mol. The van der Waals surface area contributed by atoms with Gasteiger partial charge < -0.3 is 19.9 Å². The third-order valence-corrected chi connectivity index (χ3v) is 4.21. The van der Waals surface area contributed by atoms with Gasteiger partial charge in [0.1, 0.15) is 5.75 Å². The van der Waals surface area contributed by atoms with Crippen molar-refractivity contribution in [1.82, 2.24) is 10.2 Å². The van der Waals surface area contributed by atoms with Gasteiger partial charge in [-0.25, -0.2) is 4.79 Å². The first-order valence-corrected chi connectivity index (χ1v) is 7.67. The molecule has 6 heteroatoms. The molecule has 3 rings (SSSR count). The number of anilines is 1.